The molecule has 0 atom stereocenters. The predicted octanol–water partition coefficient (Wildman–Crippen LogP) is 3.34. The van der Waals surface area contributed by atoms with E-state index in [4.69, 9.17) is 9.47 Å². The summed E-state index contributed by atoms with van der Waals surface area (Å²) in [6.45, 7) is 7.71. The number of halogens is 1. The summed E-state index contributed by atoms with van der Waals surface area (Å²) in [4.78, 5) is 14.1. The van der Waals surface area contributed by atoms with E-state index in [2.05, 4.69) is 15.9 Å². The largest absolute Gasteiger partial charge is 0.492 e. The van der Waals surface area contributed by atoms with E-state index in [0.29, 0.717) is 36.8 Å². The minimum absolute atomic E-state index is 0.00527. The summed E-state index contributed by atoms with van der Waals surface area (Å²) in [5, 5.41) is 0. The van der Waals surface area contributed by atoms with Gasteiger partial charge in [-0.1, -0.05) is 0 Å². The highest BCUT2D eigenvalue weighted by Gasteiger charge is 2.18. The summed E-state index contributed by atoms with van der Waals surface area (Å²) < 4.78 is 11.5. The number of benzene rings is 1. The van der Waals surface area contributed by atoms with Gasteiger partial charge in [0.25, 0.3) is 5.91 Å². The summed E-state index contributed by atoms with van der Waals surface area (Å²) in [5.41, 5.74) is 0.597. The first-order valence-corrected chi connectivity index (χ1v) is 7.17. The molecule has 1 rings (SSSR count). The fourth-order valence-corrected chi connectivity index (χ4v) is 2.45. The number of carbonyl (C=O) groups is 1. The van der Waals surface area contributed by atoms with Gasteiger partial charge in [0.1, 0.15) is 0 Å². The topological polar surface area (TPSA) is 38.8 Å². The van der Waals surface area contributed by atoms with Crippen molar-refractivity contribution in [2.45, 2.75) is 20.8 Å². The van der Waals surface area contributed by atoms with Crippen molar-refractivity contribution in [1.29, 1.82) is 0 Å². The Labute approximate surface area is 122 Å². The van der Waals surface area contributed by atoms with Gasteiger partial charge in [-0.25, -0.2) is 0 Å². The number of carbonyl (C=O) groups excluding carboxylic acids is 1. The van der Waals surface area contributed by atoms with Crippen LogP contribution in [0, 0.1) is 0 Å². The zero-order chi connectivity index (χ0) is 14.4. The lowest BCUT2D eigenvalue weighted by Crippen LogP contribution is -2.30. The number of amides is 1. The normalized spacial score (nSPS) is 10.2. The summed E-state index contributed by atoms with van der Waals surface area (Å²) >= 11 is 3.41. The van der Waals surface area contributed by atoms with Gasteiger partial charge in [-0.2, -0.15) is 0 Å². The van der Waals surface area contributed by atoms with Crippen LogP contribution in [0.1, 0.15) is 31.1 Å². The lowest BCUT2D eigenvalue weighted by molar-refractivity contribution is 0.0772. The Bertz CT molecular complexity index is 445. The van der Waals surface area contributed by atoms with Crippen molar-refractivity contribution in [1.82, 2.24) is 4.90 Å². The Morgan fingerprint density at radius 2 is 1.89 bits per heavy atom. The first kappa shape index (κ1) is 15.8. The zero-order valence-corrected chi connectivity index (χ0v) is 13.4. The van der Waals surface area contributed by atoms with Gasteiger partial charge in [-0.3, -0.25) is 4.79 Å². The molecule has 19 heavy (non-hydrogen) atoms. The monoisotopic (exact) mass is 329 g/mol. The Morgan fingerprint density at radius 3 is 2.37 bits per heavy atom. The number of methoxy groups -OCH3 is 1. The van der Waals surface area contributed by atoms with Gasteiger partial charge >= 0.3 is 0 Å². The van der Waals surface area contributed by atoms with E-state index in [9.17, 15) is 4.79 Å². The summed E-state index contributed by atoms with van der Waals surface area (Å²) in [6.07, 6.45) is 0. The van der Waals surface area contributed by atoms with Gasteiger partial charge in [0.2, 0.25) is 0 Å². The molecule has 0 aliphatic rings. The number of hydrogen-bond acceptors (Lipinski definition) is 3. The van der Waals surface area contributed by atoms with E-state index in [1.54, 1.807) is 24.1 Å². The summed E-state index contributed by atoms with van der Waals surface area (Å²) in [5.74, 6) is 1.18. The molecule has 0 heterocycles. The standard InChI is InChI=1S/C14H20BrNO3/c1-5-16(6-2)14(17)10-8-11(15)13(18-4)12(9-10)19-7-3/h8-9H,5-7H2,1-4H3. The zero-order valence-electron chi connectivity index (χ0n) is 11.8. The van der Waals surface area contributed by atoms with Crippen LogP contribution in [0.25, 0.3) is 0 Å². The van der Waals surface area contributed by atoms with Gasteiger partial charge in [0.05, 0.1) is 18.2 Å². The van der Waals surface area contributed by atoms with Crippen LogP contribution in [-0.2, 0) is 0 Å². The van der Waals surface area contributed by atoms with E-state index >= 15 is 0 Å². The lowest BCUT2D eigenvalue weighted by atomic mass is 10.1. The molecule has 0 aliphatic heterocycles. The van der Waals surface area contributed by atoms with E-state index in [-0.39, 0.29) is 5.91 Å². The minimum atomic E-state index is -0.00527. The summed E-state index contributed by atoms with van der Waals surface area (Å²) in [7, 11) is 1.58. The third-order valence-corrected chi connectivity index (χ3v) is 3.40. The van der Waals surface area contributed by atoms with Gasteiger partial charge in [-0.05, 0) is 48.8 Å². The van der Waals surface area contributed by atoms with Crippen LogP contribution >= 0.6 is 15.9 Å². The Morgan fingerprint density at radius 1 is 1.26 bits per heavy atom. The number of rotatable bonds is 6. The Kier molecular flexibility index (Phi) is 6.15. The molecule has 0 bridgehead atoms. The Hall–Kier alpha value is -1.23. The third kappa shape index (κ3) is 3.62. The van der Waals surface area contributed by atoms with Crippen LogP contribution in [0.15, 0.2) is 16.6 Å². The molecule has 1 aromatic rings. The Balaban J connectivity index is 3.19. The molecule has 106 valence electrons. The maximum absolute atomic E-state index is 12.3. The number of hydrogen-bond donors (Lipinski definition) is 0. The molecule has 0 aromatic heterocycles. The van der Waals surface area contributed by atoms with E-state index in [0.717, 1.165) is 4.47 Å². The highest BCUT2D eigenvalue weighted by Crippen LogP contribution is 2.36. The molecule has 0 saturated carbocycles. The quantitative estimate of drug-likeness (QED) is 0.803. The van der Waals surface area contributed by atoms with Crippen molar-refractivity contribution in [3.63, 3.8) is 0 Å². The minimum Gasteiger partial charge on any atom is -0.492 e. The molecule has 0 N–H and O–H groups in total. The average molecular weight is 330 g/mol. The van der Waals surface area contributed by atoms with Crippen LogP contribution in [0.3, 0.4) is 0 Å². The second-order valence-electron chi connectivity index (χ2n) is 3.90. The molecule has 4 nitrogen and oxygen atoms in total. The molecule has 0 spiro atoms. The number of nitrogens with zero attached hydrogens (tertiary/aromatic N) is 1. The summed E-state index contributed by atoms with van der Waals surface area (Å²) in [6, 6.07) is 3.50. The lowest BCUT2D eigenvalue weighted by Gasteiger charge is -2.20. The molecule has 0 aliphatic carbocycles. The van der Waals surface area contributed by atoms with Crippen molar-refractivity contribution < 1.29 is 14.3 Å². The first-order valence-electron chi connectivity index (χ1n) is 6.38. The van der Waals surface area contributed by atoms with Gasteiger partial charge in [0, 0.05) is 18.7 Å². The van der Waals surface area contributed by atoms with Crippen molar-refractivity contribution in [2.24, 2.45) is 0 Å². The van der Waals surface area contributed by atoms with Crippen LogP contribution in [0.2, 0.25) is 0 Å². The van der Waals surface area contributed by atoms with Crippen LogP contribution < -0.4 is 9.47 Å². The fourth-order valence-electron chi connectivity index (χ4n) is 1.85. The van der Waals surface area contributed by atoms with E-state index in [1.807, 2.05) is 20.8 Å². The fraction of sp³-hybridized carbons (Fsp3) is 0.500. The second-order valence-corrected chi connectivity index (χ2v) is 4.75. The van der Waals surface area contributed by atoms with Gasteiger partial charge in [-0.15, -0.1) is 0 Å². The molecule has 0 fully saturated rings. The molecule has 5 heteroatoms. The van der Waals surface area contributed by atoms with Crippen LogP contribution in [0.5, 0.6) is 11.5 Å². The maximum atomic E-state index is 12.3. The van der Waals surface area contributed by atoms with E-state index in [1.165, 1.54) is 0 Å². The first-order chi connectivity index (χ1) is 9.08. The molecule has 0 unspecified atom stereocenters. The molecular weight excluding hydrogens is 310 g/mol. The highest BCUT2D eigenvalue weighted by molar-refractivity contribution is 9.10. The van der Waals surface area contributed by atoms with Crippen molar-refractivity contribution in [2.75, 3.05) is 26.8 Å². The second kappa shape index (κ2) is 7.38. The van der Waals surface area contributed by atoms with Gasteiger partial charge < -0.3 is 14.4 Å². The van der Waals surface area contributed by atoms with Crippen LogP contribution in [-0.4, -0.2) is 37.6 Å². The smallest absolute Gasteiger partial charge is 0.254 e. The van der Waals surface area contributed by atoms with Crippen molar-refractivity contribution >= 4 is 21.8 Å². The SMILES string of the molecule is CCOc1cc(C(=O)N(CC)CC)cc(Br)c1OC. The maximum Gasteiger partial charge on any atom is 0.254 e. The number of ether oxygens (including phenoxy) is 2. The predicted molar refractivity (Wildman–Crippen MR) is 79.1 cm³/mol. The van der Waals surface area contributed by atoms with Crippen molar-refractivity contribution in [3.05, 3.63) is 22.2 Å². The third-order valence-electron chi connectivity index (χ3n) is 2.81. The van der Waals surface area contributed by atoms with Crippen molar-refractivity contribution in [3.8, 4) is 11.5 Å². The van der Waals surface area contributed by atoms with Crippen LogP contribution in [0.4, 0.5) is 0 Å². The average Bonchev–Trinajstić information content (AvgIpc) is 2.40. The molecular formula is C14H20BrNO3. The molecule has 0 radical (unpaired) electrons. The molecule has 0 saturated heterocycles. The highest BCUT2D eigenvalue weighted by atomic mass is 79.9. The molecule has 1 aromatic carbocycles. The molecule has 1 amide bonds. The van der Waals surface area contributed by atoms with E-state index < -0.39 is 0 Å². The van der Waals surface area contributed by atoms with Gasteiger partial charge in [0.15, 0.2) is 11.5 Å².